The van der Waals surface area contributed by atoms with Crippen molar-refractivity contribution in [2.24, 2.45) is 7.05 Å². The van der Waals surface area contributed by atoms with Gasteiger partial charge in [0, 0.05) is 45.6 Å². The average molecular weight is 594 g/mol. The minimum Gasteiger partial charge on any atom is -0.493 e. The zero-order valence-electron chi connectivity index (χ0n) is 24.7. The second-order valence-corrected chi connectivity index (χ2v) is 10.9. The van der Waals surface area contributed by atoms with E-state index >= 15 is 0 Å². The normalized spacial score (nSPS) is 11.2. The lowest BCUT2D eigenvalue weighted by molar-refractivity contribution is 0.142. The maximum absolute atomic E-state index is 11.8. The molecule has 0 radical (unpaired) electrons. The number of nitrogens with zero attached hydrogens (tertiary/aromatic N) is 2. The fourth-order valence-corrected chi connectivity index (χ4v) is 6.14. The van der Waals surface area contributed by atoms with E-state index in [9.17, 15) is 9.90 Å². The highest BCUT2D eigenvalue weighted by Crippen LogP contribution is 2.44. The molecule has 0 saturated heterocycles. The number of aromatic amines is 1. The number of rotatable bonds is 9. The van der Waals surface area contributed by atoms with Gasteiger partial charge >= 0.3 is 6.16 Å². The van der Waals surface area contributed by atoms with Crippen molar-refractivity contribution < 1.29 is 19.4 Å². The van der Waals surface area contributed by atoms with Gasteiger partial charge in [-0.3, -0.25) is 4.68 Å². The molecule has 2 aromatic heterocycles. The van der Waals surface area contributed by atoms with E-state index < -0.39 is 6.16 Å². The number of aromatic nitrogens is 3. The smallest absolute Gasteiger partial charge is 0.493 e. The van der Waals surface area contributed by atoms with E-state index in [2.05, 4.69) is 47.4 Å². The second-order valence-electron chi connectivity index (χ2n) is 10.9. The number of aryl methyl sites for hydroxylation is 2. The number of nitrogens with one attached hydrogen (secondary N) is 1. The lowest BCUT2D eigenvalue weighted by Crippen LogP contribution is -2.06. The van der Waals surface area contributed by atoms with Crippen LogP contribution in [0.15, 0.2) is 121 Å². The van der Waals surface area contributed by atoms with E-state index in [0.29, 0.717) is 19.4 Å². The summed E-state index contributed by atoms with van der Waals surface area (Å²) in [5.41, 5.74) is 7.26. The number of para-hydroxylation sites is 1. The van der Waals surface area contributed by atoms with Crippen molar-refractivity contribution in [3.63, 3.8) is 0 Å². The molecule has 0 aliphatic rings. The van der Waals surface area contributed by atoms with Crippen molar-refractivity contribution in [3.8, 4) is 45.3 Å². The highest BCUT2D eigenvalue weighted by molar-refractivity contribution is 6.04. The van der Waals surface area contributed by atoms with Gasteiger partial charge in [0.05, 0.1) is 17.8 Å². The molecule has 0 aliphatic heterocycles. The number of benzene rings is 5. The van der Waals surface area contributed by atoms with E-state index in [1.807, 2.05) is 90.6 Å². The summed E-state index contributed by atoms with van der Waals surface area (Å²) in [7, 11) is 1.95. The number of carboxylic acid groups (broad SMARTS) is 1. The maximum atomic E-state index is 11.8. The second kappa shape index (κ2) is 12.1. The Hall–Kier alpha value is -5.82. The van der Waals surface area contributed by atoms with E-state index in [4.69, 9.17) is 14.6 Å². The van der Waals surface area contributed by atoms with Gasteiger partial charge in [0.25, 0.3) is 0 Å². The number of hydrogen-bond donors (Lipinski definition) is 2. The van der Waals surface area contributed by atoms with Crippen LogP contribution in [0.4, 0.5) is 4.79 Å². The monoisotopic (exact) mass is 593 g/mol. The summed E-state index contributed by atoms with van der Waals surface area (Å²) in [5, 5.41) is 17.7. The van der Waals surface area contributed by atoms with Crippen LogP contribution in [-0.4, -0.2) is 32.6 Å². The Morgan fingerprint density at radius 1 is 0.800 bits per heavy atom. The summed E-state index contributed by atoms with van der Waals surface area (Å²) in [4.78, 5) is 15.1. The number of hydrogen-bond acceptors (Lipinski definition) is 4. The quantitative estimate of drug-likeness (QED) is 0.129. The summed E-state index contributed by atoms with van der Waals surface area (Å²) >= 11 is 0. The van der Waals surface area contributed by atoms with Crippen LogP contribution >= 0.6 is 0 Å². The van der Waals surface area contributed by atoms with Crippen molar-refractivity contribution in [1.29, 1.82) is 0 Å². The number of fused-ring (bicyclic) bond motifs is 2. The molecule has 7 aromatic rings. The molecule has 0 unspecified atom stereocenters. The van der Waals surface area contributed by atoms with Crippen molar-refractivity contribution in [1.82, 2.24) is 14.8 Å². The molecule has 0 bridgehead atoms. The summed E-state index contributed by atoms with van der Waals surface area (Å²) in [5.74, 6) is 1.05. The highest BCUT2D eigenvalue weighted by Gasteiger charge is 2.25. The third-order valence-corrected chi connectivity index (χ3v) is 8.08. The molecule has 0 atom stereocenters. The van der Waals surface area contributed by atoms with Crippen LogP contribution < -0.4 is 9.47 Å². The predicted octanol–water partition coefficient (Wildman–Crippen LogP) is 9.12. The van der Waals surface area contributed by atoms with Crippen LogP contribution in [0, 0.1) is 0 Å². The van der Waals surface area contributed by atoms with Gasteiger partial charge in [-0.05, 0) is 24.3 Å². The van der Waals surface area contributed by atoms with Crippen LogP contribution in [0.2, 0.25) is 0 Å². The first-order valence-electron chi connectivity index (χ1n) is 14.9. The van der Waals surface area contributed by atoms with Gasteiger partial charge in [-0.1, -0.05) is 115 Å². The topological polar surface area (TPSA) is 89.4 Å². The minimum absolute atomic E-state index is 0.224. The summed E-state index contributed by atoms with van der Waals surface area (Å²) in [6.45, 7) is 0.464. The molecule has 0 spiro atoms. The lowest BCUT2D eigenvalue weighted by atomic mass is 9.94. The molecule has 7 nitrogen and oxygen atoms in total. The molecule has 45 heavy (non-hydrogen) atoms. The zero-order valence-corrected chi connectivity index (χ0v) is 24.7. The Labute approximate surface area is 260 Å². The first-order valence-corrected chi connectivity index (χ1v) is 14.9. The lowest BCUT2D eigenvalue weighted by Gasteiger charge is -2.10. The van der Waals surface area contributed by atoms with Crippen LogP contribution in [0.3, 0.4) is 0 Å². The molecule has 7 heteroatoms. The molecular formula is C38H31N3O4. The highest BCUT2D eigenvalue weighted by atomic mass is 16.7. The van der Waals surface area contributed by atoms with Gasteiger partial charge in [0.15, 0.2) is 0 Å². The van der Waals surface area contributed by atoms with Gasteiger partial charge in [-0.15, -0.1) is 0 Å². The van der Waals surface area contributed by atoms with E-state index in [1.54, 1.807) is 0 Å². The minimum atomic E-state index is -1.37. The van der Waals surface area contributed by atoms with Gasteiger partial charge < -0.3 is 19.6 Å². The number of ether oxygens (including phenoxy) is 2. The van der Waals surface area contributed by atoms with Crippen molar-refractivity contribution in [3.05, 3.63) is 127 Å². The largest absolute Gasteiger partial charge is 0.512 e. The molecule has 0 aliphatic carbocycles. The van der Waals surface area contributed by atoms with Crippen molar-refractivity contribution >= 4 is 27.8 Å². The van der Waals surface area contributed by atoms with Gasteiger partial charge in [-0.25, -0.2) is 4.79 Å². The SMILES string of the molecule is Cn1nc(-c2ccccc2)c(-c2cccc3c(CCCOc4cccc5ccccc45)c(OC(=O)O)[nH]c23)c1-c1ccccc1. The number of carbonyl (C=O) groups is 1. The molecule has 2 heterocycles. The molecule has 0 amide bonds. The third-order valence-electron chi connectivity index (χ3n) is 8.08. The van der Waals surface area contributed by atoms with E-state index in [0.717, 1.165) is 66.6 Å². The van der Waals surface area contributed by atoms with Crippen molar-refractivity contribution in [2.45, 2.75) is 12.8 Å². The van der Waals surface area contributed by atoms with Gasteiger partial charge in [0.2, 0.25) is 5.88 Å². The van der Waals surface area contributed by atoms with E-state index in [-0.39, 0.29) is 5.88 Å². The fourth-order valence-electron chi connectivity index (χ4n) is 6.14. The van der Waals surface area contributed by atoms with Gasteiger partial charge in [-0.2, -0.15) is 5.10 Å². The average Bonchev–Trinajstić information content (AvgIpc) is 3.60. The first kappa shape index (κ1) is 28.0. The van der Waals surface area contributed by atoms with Crippen LogP contribution in [0.5, 0.6) is 11.6 Å². The summed E-state index contributed by atoms with van der Waals surface area (Å²) in [6.07, 6.45) is -0.151. The molecule has 0 saturated carbocycles. The van der Waals surface area contributed by atoms with Gasteiger partial charge in [0.1, 0.15) is 11.4 Å². The Morgan fingerprint density at radius 3 is 2.24 bits per heavy atom. The Bertz CT molecular complexity index is 2130. The van der Waals surface area contributed by atoms with Crippen LogP contribution in [-0.2, 0) is 13.5 Å². The number of H-pyrrole nitrogens is 1. The predicted molar refractivity (Wildman–Crippen MR) is 178 cm³/mol. The molecular weight excluding hydrogens is 562 g/mol. The Balaban J connectivity index is 1.30. The molecule has 222 valence electrons. The van der Waals surface area contributed by atoms with Crippen molar-refractivity contribution in [2.75, 3.05) is 6.61 Å². The molecule has 7 rings (SSSR count). The van der Waals surface area contributed by atoms with Crippen LogP contribution in [0.1, 0.15) is 12.0 Å². The first-order chi connectivity index (χ1) is 22.1. The summed E-state index contributed by atoms with van der Waals surface area (Å²) in [6, 6.07) is 40.5. The third kappa shape index (κ3) is 5.40. The zero-order chi connectivity index (χ0) is 30.8. The maximum Gasteiger partial charge on any atom is 0.512 e. The molecule has 2 N–H and O–H groups in total. The standard InChI is InChI=1S/C38H31N3O4/c1-41-36(27-16-6-3-7-17-27)33(34(40-41)26-14-4-2-5-15-26)31-21-11-20-29-30(37(39-35(29)31)45-38(42)43)22-12-24-44-32-23-10-18-25-13-8-9-19-28(25)32/h2-11,13-21,23,39H,12,22,24H2,1H3,(H,42,43). The van der Waals surface area contributed by atoms with E-state index in [1.165, 1.54) is 0 Å². The molecule has 0 fully saturated rings. The summed E-state index contributed by atoms with van der Waals surface area (Å²) < 4.78 is 13.4. The fraction of sp³-hybridized carbons (Fsp3) is 0.105. The Morgan fingerprint density at radius 2 is 1.47 bits per heavy atom. The van der Waals surface area contributed by atoms with Crippen LogP contribution in [0.25, 0.3) is 55.3 Å². The molecule has 5 aromatic carbocycles. The Kier molecular flexibility index (Phi) is 7.49.